The van der Waals surface area contributed by atoms with Gasteiger partial charge in [0, 0.05) is 12.1 Å². The summed E-state index contributed by atoms with van der Waals surface area (Å²) in [6.45, 7) is 1.15. The predicted octanol–water partition coefficient (Wildman–Crippen LogP) is 1.51. The van der Waals surface area contributed by atoms with Crippen molar-refractivity contribution >= 4 is 0 Å². The smallest absolute Gasteiger partial charge is 0.133 e. The van der Waals surface area contributed by atoms with Crippen molar-refractivity contribution in [3.05, 3.63) is 29.6 Å². The number of hydrogen-bond donors (Lipinski definition) is 1. The van der Waals surface area contributed by atoms with E-state index in [0.29, 0.717) is 31.8 Å². The van der Waals surface area contributed by atoms with Crippen molar-refractivity contribution in [3.63, 3.8) is 0 Å². The molecule has 110 valence electrons. The van der Waals surface area contributed by atoms with Crippen molar-refractivity contribution < 1.29 is 19.0 Å². The zero-order chi connectivity index (χ0) is 14.3. The van der Waals surface area contributed by atoms with E-state index in [9.17, 15) is 9.50 Å². The van der Waals surface area contributed by atoms with Crippen LogP contribution in [-0.4, -0.2) is 49.5 Å². The Kier molecular flexibility index (Phi) is 3.44. The standard InChI is InChI=1S/C15H20FNO3/c1-17-10-6-15(18,7-11(17)9-20-8-10)14-12(16)4-3-5-13(14)19-2/h3-5,10-11,18H,6-9H2,1-2H3. The fourth-order valence-electron chi connectivity index (χ4n) is 3.47. The highest BCUT2D eigenvalue weighted by Gasteiger charge is 2.47. The molecule has 2 saturated heterocycles. The monoisotopic (exact) mass is 281 g/mol. The molecule has 0 saturated carbocycles. The van der Waals surface area contributed by atoms with Crippen molar-refractivity contribution in [2.45, 2.75) is 30.5 Å². The van der Waals surface area contributed by atoms with E-state index in [4.69, 9.17) is 9.47 Å². The van der Waals surface area contributed by atoms with Crippen LogP contribution >= 0.6 is 0 Å². The molecule has 1 aromatic carbocycles. The Bertz CT molecular complexity index is 494. The third kappa shape index (κ3) is 2.10. The van der Waals surface area contributed by atoms with Gasteiger partial charge in [-0.1, -0.05) is 6.07 Å². The second-order valence-electron chi connectivity index (χ2n) is 5.77. The molecule has 2 aliphatic heterocycles. The fourth-order valence-corrected chi connectivity index (χ4v) is 3.47. The van der Waals surface area contributed by atoms with Gasteiger partial charge < -0.3 is 14.6 Å². The van der Waals surface area contributed by atoms with Crippen LogP contribution in [0.25, 0.3) is 0 Å². The molecule has 2 atom stereocenters. The lowest BCUT2D eigenvalue weighted by molar-refractivity contribution is -0.139. The van der Waals surface area contributed by atoms with E-state index in [1.54, 1.807) is 12.1 Å². The lowest BCUT2D eigenvalue weighted by atomic mass is 9.76. The molecular weight excluding hydrogens is 261 g/mol. The summed E-state index contributed by atoms with van der Waals surface area (Å²) in [6.07, 6.45) is 0.911. The number of piperidine rings is 1. The molecule has 2 unspecified atom stereocenters. The lowest BCUT2D eigenvalue weighted by Crippen LogP contribution is -2.59. The molecule has 2 fully saturated rings. The molecule has 2 bridgehead atoms. The highest BCUT2D eigenvalue weighted by atomic mass is 19.1. The van der Waals surface area contributed by atoms with Gasteiger partial charge in [-0.05, 0) is 32.0 Å². The minimum absolute atomic E-state index is 0.108. The summed E-state index contributed by atoms with van der Waals surface area (Å²) in [6, 6.07) is 4.88. The van der Waals surface area contributed by atoms with Gasteiger partial charge in [-0.2, -0.15) is 0 Å². The summed E-state index contributed by atoms with van der Waals surface area (Å²) in [5, 5.41) is 11.1. The average Bonchev–Trinajstić information content (AvgIpc) is 2.40. The molecule has 0 radical (unpaired) electrons. The SMILES string of the molecule is COc1cccc(F)c1C1(O)CC2COCC(C1)N2C. The van der Waals surface area contributed by atoms with E-state index in [2.05, 4.69) is 4.90 Å². The van der Waals surface area contributed by atoms with Crippen molar-refractivity contribution in [1.29, 1.82) is 0 Å². The Morgan fingerprint density at radius 1 is 1.35 bits per heavy atom. The summed E-state index contributed by atoms with van der Waals surface area (Å²) < 4.78 is 25.0. The Balaban J connectivity index is 2.01. The van der Waals surface area contributed by atoms with E-state index in [0.717, 1.165) is 0 Å². The van der Waals surface area contributed by atoms with E-state index in [1.165, 1.54) is 13.2 Å². The molecule has 1 aromatic rings. The van der Waals surface area contributed by atoms with Gasteiger partial charge in [-0.3, -0.25) is 4.90 Å². The summed E-state index contributed by atoms with van der Waals surface area (Å²) in [4.78, 5) is 2.23. The number of halogens is 1. The van der Waals surface area contributed by atoms with Gasteiger partial charge >= 0.3 is 0 Å². The van der Waals surface area contributed by atoms with Gasteiger partial charge in [0.25, 0.3) is 0 Å². The van der Waals surface area contributed by atoms with Crippen LogP contribution in [0.4, 0.5) is 4.39 Å². The summed E-state index contributed by atoms with van der Waals surface area (Å²) in [7, 11) is 3.54. The highest BCUT2D eigenvalue weighted by Crippen LogP contribution is 2.44. The van der Waals surface area contributed by atoms with Crippen molar-refractivity contribution in [2.75, 3.05) is 27.4 Å². The second kappa shape index (κ2) is 4.98. The number of morpholine rings is 1. The van der Waals surface area contributed by atoms with Gasteiger partial charge in [0.2, 0.25) is 0 Å². The Morgan fingerprint density at radius 3 is 2.60 bits per heavy atom. The number of ether oxygens (including phenoxy) is 2. The maximum absolute atomic E-state index is 14.3. The van der Waals surface area contributed by atoms with Crippen molar-refractivity contribution in [1.82, 2.24) is 4.90 Å². The van der Waals surface area contributed by atoms with Gasteiger partial charge in [-0.25, -0.2) is 4.39 Å². The number of benzene rings is 1. The highest BCUT2D eigenvalue weighted by molar-refractivity contribution is 5.40. The molecule has 4 nitrogen and oxygen atoms in total. The third-order valence-electron chi connectivity index (χ3n) is 4.58. The molecular formula is C15H20FNO3. The van der Waals surface area contributed by atoms with Crippen molar-refractivity contribution in [3.8, 4) is 5.75 Å². The zero-order valence-electron chi connectivity index (χ0n) is 11.8. The first-order chi connectivity index (χ1) is 9.55. The van der Waals surface area contributed by atoms with Crippen LogP contribution in [-0.2, 0) is 10.3 Å². The molecule has 0 amide bonds. The van der Waals surface area contributed by atoms with Crippen LogP contribution in [0, 0.1) is 5.82 Å². The summed E-state index contributed by atoms with van der Waals surface area (Å²) >= 11 is 0. The molecule has 3 rings (SSSR count). The van der Waals surface area contributed by atoms with Crippen LogP contribution in [0.1, 0.15) is 18.4 Å². The molecule has 2 aliphatic rings. The zero-order valence-corrected chi connectivity index (χ0v) is 11.8. The van der Waals surface area contributed by atoms with E-state index in [1.807, 2.05) is 7.05 Å². The Labute approximate surface area is 118 Å². The predicted molar refractivity (Wildman–Crippen MR) is 72.2 cm³/mol. The molecule has 20 heavy (non-hydrogen) atoms. The Hall–Kier alpha value is -1.17. The number of aliphatic hydroxyl groups is 1. The molecule has 0 aliphatic carbocycles. The minimum Gasteiger partial charge on any atom is -0.496 e. The molecule has 5 heteroatoms. The number of likely N-dealkylation sites (N-methyl/N-ethyl adjacent to an activating group) is 1. The van der Waals surface area contributed by atoms with Crippen molar-refractivity contribution in [2.24, 2.45) is 0 Å². The van der Waals surface area contributed by atoms with Crippen LogP contribution in [0.3, 0.4) is 0 Å². The first-order valence-electron chi connectivity index (χ1n) is 6.90. The van der Waals surface area contributed by atoms with Crippen LogP contribution in [0.2, 0.25) is 0 Å². The molecule has 0 spiro atoms. The second-order valence-corrected chi connectivity index (χ2v) is 5.77. The molecule has 2 heterocycles. The van der Waals surface area contributed by atoms with Gasteiger partial charge in [0.05, 0.1) is 31.5 Å². The maximum Gasteiger partial charge on any atom is 0.133 e. The summed E-state index contributed by atoms with van der Waals surface area (Å²) in [5.41, 5.74) is -0.907. The van der Waals surface area contributed by atoms with E-state index >= 15 is 0 Å². The van der Waals surface area contributed by atoms with E-state index in [-0.39, 0.29) is 17.6 Å². The quantitative estimate of drug-likeness (QED) is 0.892. The maximum atomic E-state index is 14.3. The van der Waals surface area contributed by atoms with Crippen LogP contribution in [0.15, 0.2) is 18.2 Å². The first kappa shape index (κ1) is 13.8. The van der Waals surface area contributed by atoms with Crippen LogP contribution < -0.4 is 4.74 Å². The number of fused-ring (bicyclic) bond motifs is 2. The minimum atomic E-state index is -1.19. The normalized spacial score (nSPS) is 34.0. The molecule has 1 N–H and O–H groups in total. The number of hydrogen-bond acceptors (Lipinski definition) is 4. The first-order valence-corrected chi connectivity index (χ1v) is 6.90. The fraction of sp³-hybridized carbons (Fsp3) is 0.600. The third-order valence-corrected chi connectivity index (χ3v) is 4.58. The van der Waals surface area contributed by atoms with Gasteiger partial charge in [-0.15, -0.1) is 0 Å². The van der Waals surface area contributed by atoms with Gasteiger partial charge in [0.15, 0.2) is 0 Å². The van der Waals surface area contributed by atoms with Gasteiger partial charge in [0.1, 0.15) is 11.6 Å². The van der Waals surface area contributed by atoms with Crippen LogP contribution in [0.5, 0.6) is 5.75 Å². The Morgan fingerprint density at radius 2 is 2.00 bits per heavy atom. The van der Waals surface area contributed by atoms with E-state index < -0.39 is 11.4 Å². The summed E-state index contributed by atoms with van der Waals surface area (Å²) in [5.74, 6) is 0.00596. The topological polar surface area (TPSA) is 41.9 Å². The number of methoxy groups -OCH3 is 1. The number of nitrogens with zero attached hydrogens (tertiary/aromatic N) is 1. The lowest BCUT2D eigenvalue weighted by Gasteiger charge is -2.50. The largest absolute Gasteiger partial charge is 0.496 e. The average molecular weight is 281 g/mol. The molecule has 0 aromatic heterocycles. The number of rotatable bonds is 2.